The summed E-state index contributed by atoms with van der Waals surface area (Å²) >= 11 is 3.14. The summed E-state index contributed by atoms with van der Waals surface area (Å²) in [6.07, 6.45) is 0. The van der Waals surface area contributed by atoms with Gasteiger partial charge in [0.2, 0.25) is 0 Å². The molecule has 1 aliphatic rings. The summed E-state index contributed by atoms with van der Waals surface area (Å²) in [5.41, 5.74) is -2.22. The van der Waals surface area contributed by atoms with Crippen LogP contribution >= 0.6 is 15.9 Å². The third-order valence-corrected chi connectivity index (χ3v) is 4.68. The lowest BCUT2D eigenvalue weighted by Crippen LogP contribution is -1.97. The molecule has 0 amide bonds. The Bertz CT molecular complexity index is 1220. The fourth-order valence-electron chi connectivity index (χ4n) is 3.02. The van der Waals surface area contributed by atoms with Crippen LogP contribution in [0.2, 0.25) is 0 Å². The zero-order valence-electron chi connectivity index (χ0n) is 13.4. The number of nitro benzene ring substituents is 3. The molecule has 28 heavy (non-hydrogen) atoms. The van der Waals surface area contributed by atoms with Gasteiger partial charge in [0.1, 0.15) is 17.7 Å². The lowest BCUT2D eigenvalue weighted by molar-refractivity contribution is -0.393. The molecule has 2 aromatic carbocycles. The number of hydrogen-bond acceptors (Lipinski definition) is 8. The van der Waals surface area contributed by atoms with Crippen LogP contribution in [-0.2, 0) is 0 Å². The van der Waals surface area contributed by atoms with E-state index in [1.54, 1.807) is 12.1 Å². The van der Waals surface area contributed by atoms with Gasteiger partial charge in [-0.25, -0.2) is 0 Å². The van der Waals surface area contributed by atoms with Crippen LogP contribution in [0.1, 0.15) is 11.1 Å². The Kier molecular flexibility index (Phi) is 4.34. The third kappa shape index (κ3) is 2.65. The van der Waals surface area contributed by atoms with Gasteiger partial charge < -0.3 is 0 Å². The van der Waals surface area contributed by atoms with Crippen molar-refractivity contribution in [2.75, 3.05) is 0 Å². The van der Waals surface area contributed by atoms with Gasteiger partial charge >= 0.3 is 0 Å². The van der Waals surface area contributed by atoms with E-state index in [0.717, 1.165) is 24.3 Å². The molecule has 0 atom stereocenters. The molecule has 1 aliphatic carbocycles. The molecular weight excluding hydrogens is 438 g/mol. The van der Waals surface area contributed by atoms with Crippen LogP contribution in [-0.4, -0.2) is 14.8 Å². The number of nitrogens with zero attached hydrogens (tertiary/aromatic N) is 5. The minimum atomic E-state index is -0.843. The minimum absolute atomic E-state index is 0.0257. The molecule has 0 unspecified atom stereocenters. The number of halogens is 1. The number of rotatable bonds is 3. The zero-order valence-corrected chi connectivity index (χ0v) is 15.0. The van der Waals surface area contributed by atoms with E-state index in [0.29, 0.717) is 0 Å². The van der Waals surface area contributed by atoms with Crippen molar-refractivity contribution in [2.24, 2.45) is 0 Å². The van der Waals surface area contributed by atoms with E-state index in [-0.39, 0.29) is 38.0 Å². The van der Waals surface area contributed by atoms with Gasteiger partial charge in [0.05, 0.1) is 26.4 Å². The molecule has 0 saturated carbocycles. The normalized spacial score (nSPS) is 11.0. The molecule has 0 radical (unpaired) electrons. The number of benzene rings is 2. The summed E-state index contributed by atoms with van der Waals surface area (Å²) in [6, 6.07) is 7.22. The Balaban J connectivity index is 2.60. The summed E-state index contributed by atoms with van der Waals surface area (Å²) in [4.78, 5) is 31.6. The first-order chi connectivity index (χ1) is 13.2. The zero-order chi connectivity index (χ0) is 20.7. The van der Waals surface area contributed by atoms with Gasteiger partial charge in [-0.05, 0) is 15.9 Å². The fourth-order valence-corrected chi connectivity index (χ4v) is 3.67. The van der Waals surface area contributed by atoms with Crippen LogP contribution in [0.3, 0.4) is 0 Å². The molecule has 0 spiro atoms. The summed E-state index contributed by atoms with van der Waals surface area (Å²) in [7, 11) is 0. The first-order valence-electron chi connectivity index (χ1n) is 7.21. The van der Waals surface area contributed by atoms with Crippen molar-refractivity contribution < 1.29 is 14.8 Å². The van der Waals surface area contributed by atoms with Gasteiger partial charge in [0, 0.05) is 44.9 Å². The topological polar surface area (TPSA) is 177 Å². The smallest absolute Gasteiger partial charge is 0.258 e. The highest BCUT2D eigenvalue weighted by atomic mass is 79.9. The van der Waals surface area contributed by atoms with Gasteiger partial charge in [-0.1, -0.05) is 0 Å². The molecule has 11 nitrogen and oxygen atoms in total. The quantitative estimate of drug-likeness (QED) is 0.332. The van der Waals surface area contributed by atoms with Crippen molar-refractivity contribution in [3.8, 4) is 23.3 Å². The van der Waals surface area contributed by atoms with E-state index >= 15 is 0 Å². The van der Waals surface area contributed by atoms with Crippen LogP contribution in [0.25, 0.3) is 16.7 Å². The molecule has 0 N–H and O–H groups in total. The van der Waals surface area contributed by atoms with Crippen LogP contribution in [0.15, 0.2) is 34.3 Å². The molecule has 0 aliphatic heterocycles. The first-order valence-corrected chi connectivity index (χ1v) is 8.00. The molecule has 0 bridgehead atoms. The van der Waals surface area contributed by atoms with E-state index in [1.807, 2.05) is 0 Å². The highest BCUT2D eigenvalue weighted by molar-refractivity contribution is 9.10. The van der Waals surface area contributed by atoms with Crippen LogP contribution < -0.4 is 0 Å². The van der Waals surface area contributed by atoms with E-state index in [9.17, 15) is 40.9 Å². The van der Waals surface area contributed by atoms with E-state index in [1.165, 1.54) is 0 Å². The maximum atomic E-state index is 11.6. The van der Waals surface area contributed by atoms with E-state index in [2.05, 4.69) is 15.9 Å². The highest BCUT2D eigenvalue weighted by Crippen LogP contribution is 2.54. The molecule has 2 aromatic rings. The highest BCUT2D eigenvalue weighted by Gasteiger charge is 2.38. The molecule has 3 rings (SSSR count). The van der Waals surface area contributed by atoms with Crippen molar-refractivity contribution in [1.29, 1.82) is 10.5 Å². The second-order valence-electron chi connectivity index (χ2n) is 5.48. The summed E-state index contributed by atoms with van der Waals surface area (Å²) in [5, 5.41) is 52.6. The van der Waals surface area contributed by atoms with Crippen molar-refractivity contribution >= 4 is 38.6 Å². The Morgan fingerprint density at radius 3 is 1.79 bits per heavy atom. The Hall–Kier alpha value is -4.16. The lowest BCUT2D eigenvalue weighted by Gasteiger charge is -2.05. The molecular formula is C16H4BrN5O6. The van der Waals surface area contributed by atoms with Crippen molar-refractivity contribution in [1.82, 2.24) is 0 Å². The number of fused-ring (bicyclic) bond motifs is 3. The molecule has 136 valence electrons. The second-order valence-corrected chi connectivity index (χ2v) is 6.34. The largest absolute Gasteiger partial charge is 0.284 e. The number of nitriles is 2. The van der Waals surface area contributed by atoms with Gasteiger partial charge in [-0.15, -0.1) is 0 Å². The lowest BCUT2D eigenvalue weighted by atomic mass is 9.98. The number of nitro groups is 3. The van der Waals surface area contributed by atoms with Crippen LogP contribution in [0.4, 0.5) is 17.1 Å². The molecule has 0 saturated heterocycles. The SMILES string of the molecule is N#CC(C#N)=C1c2cc([N+](=O)[O-])cc(Br)c2-c2c1cc([N+](=O)[O-])cc2[N+](=O)[O-]. The monoisotopic (exact) mass is 441 g/mol. The predicted molar refractivity (Wildman–Crippen MR) is 96.8 cm³/mol. The summed E-state index contributed by atoms with van der Waals surface area (Å²) in [5.74, 6) is 0. The maximum Gasteiger partial charge on any atom is 0.284 e. The summed E-state index contributed by atoms with van der Waals surface area (Å²) < 4.78 is 0.111. The molecule has 0 aromatic heterocycles. The van der Waals surface area contributed by atoms with Gasteiger partial charge in [-0.3, -0.25) is 30.3 Å². The fraction of sp³-hybridized carbons (Fsp3) is 0. The number of non-ortho nitro benzene ring substituents is 2. The van der Waals surface area contributed by atoms with Gasteiger partial charge in [0.15, 0.2) is 0 Å². The second kappa shape index (κ2) is 6.53. The number of hydrogen-bond donors (Lipinski definition) is 0. The Morgan fingerprint density at radius 1 is 0.821 bits per heavy atom. The standard InChI is InChI=1S/C16H4BrN5O6/c17-12-3-8(20(23)24)1-10-14(7(5-18)6-19)11-2-9(21(25)26)4-13(22(27)28)16(11)15(10)12/h1-4H. The molecule has 12 heteroatoms. The van der Waals surface area contributed by atoms with Crippen LogP contribution in [0, 0.1) is 53.0 Å². The van der Waals surface area contributed by atoms with E-state index in [4.69, 9.17) is 0 Å². The Labute approximate surface area is 163 Å². The van der Waals surface area contributed by atoms with Crippen molar-refractivity contribution in [3.05, 3.63) is 75.8 Å². The average molecular weight is 442 g/mol. The van der Waals surface area contributed by atoms with Gasteiger partial charge in [-0.2, -0.15) is 10.5 Å². The average Bonchev–Trinajstić information content (AvgIpc) is 2.96. The first kappa shape index (κ1) is 18.6. The van der Waals surface area contributed by atoms with Crippen LogP contribution in [0.5, 0.6) is 0 Å². The van der Waals surface area contributed by atoms with Crippen molar-refractivity contribution in [2.45, 2.75) is 0 Å². The maximum absolute atomic E-state index is 11.6. The Morgan fingerprint density at radius 2 is 1.32 bits per heavy atom. The molecule has 0 heterocycles. The molecule has 0 fully saturated rings. The minimum Gasteiger partial charge on any atom is -0.258 e. The van der Waals surface area contributed by atoms with Gasteiger partial charge in [0.25, 0.3) is 17.1 Å². The third-order valence-electron chi connectivity index (χ3n) is 4.06. The summed E-state index contributed by atoms with van der Waals surface area (Å²) in [6.45, 7) is 0. The predicted octanol–water partition coefficient (Wildman–Crippen LogP) is 4.00. The van der Waals surface area contributed by atoms with E-state index < -0.39 is 31.7 Å². The van der Waals surface area contributed by atoms with Crippen molar-refractivity contribution in [3.63, 3.8) is 0 Å². The number of allylic oxidation sites excluding steroid dienone is 1.